The number of amides is 3. The van der Waals surface area contributed by atoms with Crippen LogP contribution < -0.4 is 16.0 Å². The number of rotatable bonds is 10. The van der Waals surface area contributed by atoms with Crippen molar-refractivity contribution in [2.24, 2.45) is 0 Å². The highest BCUT2D eigenvalue weighted by Gasteiger charge is 2.53. The van der Waals surface area contributed by atoms with Crippen molar-refractivity contribution in [1.82, 2.24) is 16.0 Å². The number of hydrogen-bond donors (Lipinski definition) is 11. The Kier molecular flexibility index (Phi) is 12.5. The van der Waals surface area contributed by atoms with Crippen LogP contribution in [0.2, 0.25) is 0 Å². The summed E-state index contributed by atoms with van der Waals surface area (Å²) in [7, 11) is 0. The molecule has 248 valence electrons. The summed E-state index contributed by atoms with van der Waals surface area (Å²) < 4.78 is 28.1. The maximum atomic E-state index is 12.2. The van der Waals surface area contributed by atoms with Gasteiger partial charge in [-0.2, -0.15) is 0 Å². The van der Waals surface area contributed by atoms with Crippen molar-refractivity contribution >= 4 is 17.7 Å². The van der Waals surface area contributed by atoms with Crippen molar-refractivity contribution in [3.05, 3.63) is 0 Å². The van der Waals surface area contributed by atoms with Crippen molar-refractivity contribution in [2.75, 3.05) is 19.8 Å². The molecule has 0 unspecified atom stereocenters. The molecule has 19 nitrogen and oxygen atoms in total. The van der Waals surface area contributed by atoms with Crippen LogP contribution in [0.5, 0.6) is 0 Å². The minimum Gasteiger partial charge on any atom is -0.394 e. The van der Waals surface area contributed by atoms with Crippen LogP contribution in [0, 0.1) is 0 Å². The number of aliphatic hydroxyl groups excluding tert-OH is 8. The maximum absolute atomic E-state index is 12.2. The van der Waals surface area contributed by atoms with Crippen molar-refractivity contribution in [3.8, 4) is 0 Å². The van der Waals surface area contributed by atoms with Crippen molar-refractivity contribution in [2.45, 2.75) is 113 Å². The second-order valence-corrected chi connectivity index (χ2v) is 10.6. The molecule has 3 aliphatic heterocycles. The van der Waals surface area contributed by atoms with Gasteiger partial charge >= 0.3 is 0 Å². The smallest absolute Gasteiger partial charge is 0.217 e. The summed E-state index contributed by atoms with van der Waals surface area (Å²) in [6.45, 7) is 1.25. The summed E-state index contributed by atoms with van der Waals surface area (Å²) in [6, 6.07) is -4.16. The van der Waals surface area contributed by atoms with Gasteiger partial charge in [0.25, 0.3) is 0 Å². The van der Waals surface area contributed by atoms with Gasteiger partial charge in [0.05, 0.1) is 19.8 Å². The highest BCUT2D eigenvalue weighted by molar-refractivity contribution is 5.74. The molecule has 3 fully saturated rings. The second kappa shape index (κ2) is 15.3. The Morgan fingerprint density at radius 2 is 1.07 bits per heavy atom. The van der Waals surface area contributed by atoms with Crippen LogP contribution in [0.15, 0.2) is 0 Å². The molecule has 19 heteroatoms. The fourth-order valence-corrected chi connectivity index (χ4v) is 5.17. The lowest BCUT2D eigenvalue weighted by Crippen LogP contribution is -2.70. The predicted octanol–water partition coefficient (Wildman–Crippen LogP) is -7.14. The van der Waals surface area contributed by atoms with Gasteiger partial charge in [0.1, 0.15) is 73.1 Å². The molecule has 3 heterocycles. The van der Waals surface area contributed by atoms with Crippen molar-refractivity contribution in [1.29, 1.82) is 0 Å². The quantitative estimate of drug-likeness (QED) is 0.107. The van der Waals surface area contributed by atoms with E-state index in [1.807, 2.05) is 0 Å². The molecule has 11 N–H and O–H groups in total. The SMILES string of the molecule is CC(=O)N[C@@H]1[C@@H](O)[C@@H](O)[C@@H](CO[C@@H]2O[C@H](CO)[C@@H](O)[C@H](O[C@@H]3O[C@H](CO)[C@@H](O)[C@H](O)[C@H]3NC(C)=O)[C@H]2NC(C)=O)O[C@H]1O. The summed E-state index contributed by atoms with van der Waals surface area (Å²) in [5.74, 6) is -1.90. The third kappa shape index (κ3) is 8.34. The fraction of sp³-hybridized carbons (Fsp3) is 0.875. The standard InChI is InChI=1S/C24H41N3O16/c1-7(30)25-13-19(36)17(34)12(40-22(13)38)6-39-23-15(27-9(3)32)21(18(35)11(5-29)41-23)43-24-14(26-8(2)31)20(37)16(33)10(4-28)42-24/h10-24,28-29,33-38H,4-6H2,1-3H3,(H,25,30)(H,26,31)(H,27,32)/t10-,11-,12-,13-,14-,15-,16-,17+,18-,19-,20-,21-,22-,23-,24+/m1/s1. The van der Waals surface area contributed by atoms with E-state index in [1.54, 1.807) is 0 Å². The largest absolute Gasteiger partial charge is 0.394 e. The predicted molar refractivity (Wildman–Crippen MR) is 136 cm³/mol. The van der Waals surface area contributed by atoms with Gasteiger partial charge in [0.15, 0.2) is 18.9 Å². The summed E-state index contributed by atoms with van der Waals surface area (Å²) in [4.78, 5) is 35.4. The molecular formula is C24H41N3O16. The van der Waals surface area contributed by atoms with E-state index >= 15 is 0 Å². The molecule has 0 radical (unpaired) electrons. The van der Waals surface area contributed by atoms with Gasteiger partial charge in [-0.1, -0.05) is 0 Å². The van der Waals surface area contributed by atoms with E-state index in [0.717, 1.165) is 20.8 Å². The first-order valence-corrected chi connectivity index (χ1v) is 13.5. The average molecular weight is 628 g/mol. The van der Waals surface area contributed by atoms with E-state index in [1.165, 1.54) is 0 Å². The molecule has 3 amide bonds. The van der Waals surface area contributed by atoms with Crippen LogP contribution in [-0.2, 0) is 38.1 Å². The van der Waals surface area contributed by atoms with Crippen LogP contribution in [0.4, 0.5) is 0 Å². The Hall–Kier alpha value is -2.11. The molecule has 0 aromatic rings. The maximum Gasteiger partial charge on any atom is 0.217 e. The zero-order chi connectivity index (χ0) is 32.2. The highest BCUT2D eigenvalue weighted by Crippen LogP contribution is 2.30. The lowest BCUT2D eigenvalue weighted by atomic mass is 9.94. The normalized spacial score (nSPS) is 43.5. The lowest BCUT2D eigenvalue weighted by molar-refractivity contribution is -0.334. The molecule has 0 aromatic heterocycles. The van der Waals surface area contributed by atoms with Gasteiger partial charge in [-0.05, 0) is 0 Å². The van der Waals surface area contributed by atoms with E-state index in [0.29, 0.717) is 0 Å². The van der Waals surface area contributed by atoms with Gasteiger partial charge in [0.2, 0.25) is 17.7 Å². The van der Waals surface area contributed by atoms with Gasteiger partial charge in [-0.15, -0.1) is 0 Å². The molecule has 43 heavy (non-hydrogen) atoms. The van der Waals surface area contributed by atoms with Gasteiger partial charge < -0.3 is 80.5 Å². The number of aliphatic hydroxyl groups is 8. The third-order valence-electron chi connectivity index (χ3n) is 7.28. The first-order valence-electron chi connectivity index (χ1n) is 13.5. The average Bonchev–Trinajstić information content (AvgIpc) is 2.93. The van der Waals surface area contributed by atoms with Crippen LogP contribution in [0.25, 0.3) is 0 Å². The fourth-order valence-electron chi connectivity index (χ4n) is 5.17. The van der Waals surface area contributed by atoms with E-state index in [9.17, 15) is 55.2 Å². The number of ether oxygens (including phenoxy) is 5. The van der Waals surface area contributed by atoms with E-state index in [2.05, 4.69) is 16.0 Å². The second-order valence-electron chi connectivity index (χ2n) is 10.6. The van der Waals surface area contributed by atoms with Crippen LogP contribution >= 0.6 is 0 Å². The Labute approximate surface area is 245 Å². The summed E-state index contributed by atoms with van der Waals surface area (Å²) in [5, 5.41) is 89.7. The number of carbonyl (C=O) groups is 3. The number of nitrogens with one attached hydrogen (secondary N) is 3. The summed E-state index contributed by atoms with van der Waals surface area (Å²) in [5.41, 5.74) is 0. The zero-order valence-electron chi connectivity index (χ0n) is 23.6. The molecule has 0 aromatic carbocycles. The molecule has 0 saturated carbocycles. The minimum atomic E-state index is -1.74. The molecule has 3 saturated heterocycles. The van der Waals surface area contributed by atoms with Gasteiger partial charge in [-0.25, -0.2) is 0 Å². The Morgan fingerprint density at radius 1 is 0.605 bits per heavy atom. The highest BCUT2D eigenvalue weighted by atomic mass is 16.7. The molecule has 3 aliphatic rings. The molecule has 3 rings (SSSR count). The lowest BCUT2D eigenvalue weighted by Gasteiger charge is -2.48. The Morgan fingerprint density at radius 3 is 1.63 bits per heavy atom. The summed E-state index contributed by atoms with van der Waals surface area (Å²) >= 11 is 0. The van der Waals surface area contributed by atoms with Crippen LogP contribution in [0.1, 0.15) is 20.8 Å². The van der Waals surface area contributed by atoms with E-state index < -0.39 is 129 Å². The van der Waals surface area contributed by atoms with Crippen LogP contribution in [-0.4, -0.2) is 170 Å². The summed E-state index contributed by atoms with van der Waals surface area (Å²) in [6.07, 6.45) is -18.9. The van der Waals surface area contributed by atoms with Gasteiger partial charge in [0, 0.05) is 20.8 Å². The zero-order valence-corrected chi connectivity index (χ0v) is 23.6. The topological polar surface area (TPSA) is 295 Å². The van der Waals surface area contributed by atoms with Crippen molar-refractivity contribution < 1.29 is 78.9 Å². The van der Waals surface area contributed by atoms with Gasteiger partial charge in [-0.3, -0.25) is 14.4 Å². The molecule has 0 aliphatic carbocycles. The molecule has 0 spiro atoms. The third-order valence-corrected chi connectivity index (χ3v) is 7.28. The molecular weight excluding hydrogens is 586 g/mol. The van der Waals surface area contributed by atoms with E-state index in [4.69, 9.17) is 23.7 Å². The molecule has 0 bridgehead atoms. The Balaban J connectivity index is 1.84. The number of carbonyl (C=O) groups excluding carboxylic acids is 3. The first-order chi connectivity index (χ1) is 20.2. The van der Waals surface area contributed by atoms with E-state index in [-0.39, 0.29) is 0 Å². The first kappa shape index (κ1) is 35.4. The van der Waals surface area contributed by atoms with Crippen molar-refractivity contribution in [3.63, 3.8) is 0 Å². The monoisotopic (exact) mass is 627 g/mol. The number of hydrogen-bond acceptors (Lipinski definition) is 16. The minimum absolute atomic E-state index is 0.588. The Bertz CT molecular complexity index is 962. The van der Waals surface area contributed by atoms with Crippen LogP contribution in [0.3, 0.4) is 0 Å². The molecule has 15 atom stereocenters.